The van der Waals surface area contributed by atoms with Crippen LogP contribution in [0.3, 0.4) is 0 Å². The first-order valence-corrected chi connectivity index (χ1v) is 6.54. The molecule has 1 amide bonds. The van der Waals surface area contributed by atoms with Crippen molar-refractivity contribution in [1.29, 1.82) is 0 Å². The van der Waals surface area contributed by atoms with Crippen molar-refractivity contribution in [3.8, 4) is 0 Å². The maximum Gasteiger partial charge on any atom is 0.250 e. The SMILES string of the molecule is CN(C)N(c1ccccc1C(N)=O)C1CCOCC1. The third-order valence-corrected chi connectivity index (χ3v) is 3.38. The molecule has 19 heavy (non-hydrogen) atoms. The van der Waals surface area contributed by atoms with Crippen molar-refractivity contribution >= 4 is 11.6 Å². The number of nitrogens with two attached hydrogens (primary N) is 1. The lowest BCUT2D eigenvalue weighted by Crippen LogP contribution is -2.48. The minimum Gasteiger partial charge on any atom is -0.381 e. The molecule has 0 atom stereocenters. The van der Waals surface area contributed by atoms with Gasteiger partial charge in [0, 0.05) is 27.3 Å². The Morgan fingerprint density at radius 2 is 1.89 bits per heavy atom. The van der Waals surface area contributed by atoms with Crippen LogP contribution in [0, 0.1) is 0 Å². The van der Waals surface area contributed by atoms with Crippen LogP contribution < -0.4 is 10.7 Å². The van der Waals surface area contributed by atoms with Crippen LogP contribution in [0.2, 0.25) is 0 Å². The number of para-hydroxylation sites is 1. The summed E-state index contributed by atoms with van der Waals surface area (Å²) in [6.07, 6.45) is 1.90. The van der Waals surface area contributed by atoms with Gasteiger partial charge in [0.1, 0.15) is 0 Å². The normalized spacial score (nSPS) is 16.6. The molecule has 0 aromatic heterocycles. The zero-order valence-electron chi connectivity index (χ0n) is 11.5. The zero-order chi connectivity index (χ0) is 13.8. The maximum absolute atomic E-state index is 11.6. The van der Waals surface area contributed by atoms with Crippen molar-refractivity contribution in [1.82, 2.24) is 5.01 Å². The third-order valence-electron chi connectivity index (χ3n) is 3.38. The first-order valence-electron chi connectivity index (χ1n) is 6.54. The topological polar surface area (TPSA) is 58.8 Å². The summed E-state index contributed by atoms with van der Waals surface area (Å²) >= 11 is 0. The summed E-state index contributed by atoms with van der Waals surface area (Å²) in [6.45, 7) is 1.52. The number of nitrogens with zero attached hydrogens (tertiary/aromatic N) is 2. The van der Waals surface area contributed by atoms with E-state index in [1.165, 1.54) is 0 Å². The molecule has 5 nitrogen and oxygen atoms in total. The van der Waals surface area contributed by atoms with Crippen LogP contribution in [0.1, 0.15) is 23.2 Å². The number of rotatable bonds is 4. The van der Waals surface area contributed by atoms with Crippen molar-refractivity contribution in [3.63, 3.8) is 0 Å². The second-order valence-corrected chi connectivity index (χ2v) is 4.92. The van der Waals surface area contributed by atoms with Gasteiger partial charge in [-0.1, -0.05) is 12.1 Å². The lowest BCUT2D eigenvalue weighted by Gasteiger charge is -2.40. The van der Waals surface area contributed by atoms with E-state index in [-0.39, 0.29) is 0 Å². The molecule has 0 spiro atoms. The molecule has 2 rings (SSSR count). The molecular formula is C14H21N3O2. The molecule has 1 aromatic rings. The number of hydrazine groups is 1. The van der Waals surface area contributed by atoms with Gasteiger partial charge in [-0.25, -0.2) is 5.01 Å². The van der Waals surface area contributed by atoms with Gasteiger partial charge in [0.25, 0.3) is 5.91 Å². The van der Waals surface area contributed by atoms with Crippen LogP contribution in [-0.4, -0.2) is 44.3 Å². The Labute approximate surface area is 113 Å². The first kappa shape index (κ1) is 13.8. The van der Waals surface area contributed by atoms with Gasteiger partial charge in [-0.15, -0.1) is 0 Å². The average Bonchev–Trinajstić information content (AvgIpc) is 2.40. The van der Waals surface area contributed by atoms with Crippen molar-refractivity contribution in [3.05, 3.63) is 29.8 Å². The molecule has 1 fully saturated rings. The van der Waals surface area contributed by atoms with Crippen molar-refractivity contribution in [2.24, 2.45) is 5.73 Å². The summed E-state index contributed by atoms with van der Waals surface area (Å²) in [6, 6.07) is 7.81. The Balaban J connectivity index is 2.35. The summed E-state index contributed by atoms with van der Waals surface area (Å²) in [5, 5.41) is 4.15. The van der Waals surface area contributed by atoms with E-state index >= 15 is 0 Å². The number of hydrogen-bond donors (Lipinski definition) is 1. The number of ether oxygens (including phenoxy) is 1. The highest BCUT2D eigenvalue weighted by molar-refractivity contribution is 5.98. The van der Waals surface area contributed by atoms with E-state index in [1.807, 2.05) is 37.3 Å². The molecule has 5 heteroatoms. The fourth-order valence-corrected chi connectivity index (χ4v) is 2.55. The molecule has 2 N–H and O–H groups in total. The molecule has 0 aliphatic carbocycles. The number of carbonyl (C=O) groups is 1. The fraction of sp³-hybridized carbons (Fsp3) is 0.500. The van der Waals surface area contributed by atoms with Gasteiger partial charge >= 0.3 is 0 Å². The van der Waals surface area contributed by atoms with Crippen LogP contribution in [0.5, 0.6) is 0 Å². The van der Waals surface area contributed by atoms with E-state index in [9.17, 15) is 4.79 Å². The molecule has 1 aliphatic heterocycles. The van der Waals surface area contributed by atoms with E-state index in [0.717, 1.165) is 31.7 Å². The van der Waals surface area contributed by atoms with Crippen molar-refractivity contribution in [2.45, 2.75) is 18.9 Å². The molecule has 1 saturated heterocycles. The Morgan fingerprint density at radius 3 is 2.47 bits per heavy atom. The molecule has 0 bridgehead atoms. The van der Waals surface area contributed by atoms with Crippen molar-refractivity contribution < 1.29 is 9.53 Å². The summed E-state index contributed by atoms with van der Waals surface area (Å²) in [5.74, 6) is -0.394. The minimum atomic E-state index is -0.394. The number of carbonyl (C=O) groups excluding carboxylic acids is 1. The summed E-state index contributed by atoms with van der Waals surface area (Å²) in [4.78, 5) is 11.6. The summed E-state index contributed by atoms with van der Waals surface area (Å²) < 4.78 is 5.41. The summed E-state index contributed by atoms with van der Waals surface area (Å²) in [7, 11) is 3.96. The second-order valence-electron chi connectivity index (χ2n) is 4.92. The van der Waals surface area contributed by atoms with Crippen LogP contribution >= 0.6 is 0 Å². The number of hydrogen-bond acceptors (Lipinski definition) is 4. The number of benzene rings is 1. The van der Waals surface area contributed by atoms with E-state index in [0.29, 0.717) is 11.6 Å². The molecule has 0 saturated carbocycles. The lowest BCUT2D eigenvalue weighted by atomic mass is 10.1. The standard InChI is InChI=1S/C14H21N3O2/c1-16(2)17(11-7-9-19-10-8-11)13-6-4-3-5-12(13)14(15)18/h3-6,11H,7-10H2,1-2H3,(H2,15,18). The third kappa shape index (κ3) is 3.05. The van der Waals surface area contributed by atoms with Gasteiger partial charge in [0.2, 0.25) is 0 Å². The number of amides is 1. The van der Waals surface area contributed by atoms with Gasteiger partial charge in [-0.2, -0.15) is 0 Å². The Kier molecular flexibility index (Phi) is 4.39. The van der Waals surface area contributed by atoms with E-state index in [1.54, 1.807) is 6.07 Å². The predicted octanol–water partition coefficient (Wildman–Crippen LogP) is 1.25. The quantitative estimate of drug-likeness (QED) is 0.831. The van der Waals surface area contributed by atoms with E-state index in [2.05, 4.69) is 5.01 Å². The molecule has 1 heterocycles. The molecule has 0 radical (unpaired) electrons. The van der Waals surface area contributed by atoms with Crippen LogP contribution in [0.4, 0.5) is 5.69 Å². The Hall–Kier alpha value is -1.59. The Bertz CT molecular complexity index is 442. The molecule has 104 valence electrons. The van der Waals surface area contributed by atoms with Gasteiger partial charge in [-0.05, 0) is 25.0 Å². The maximum atomic E-state index is 11.6. The van der Waals surface area contributed by atoms with Gasteiger partial charge in [0.15, 0.2) is 0 Å². The monoisotopic (exact) mass is 263 g/mol. The number of primary amides is 1. The lowest BCUT2D eigenvalue weighted by molar-refractivity contribution is 0.0739. The smallest absolute Gasteiger partial charge is 0.250 e. The highest BCUT2D eigenvalue weighted by Gasteiger charge is 2.26. The van der Waals surface area contributed by atoms with Gasteiger partial charge in [0.05, 0.1) is 17.3 Å². The fourth-order valence-electron chi connectivity index (χ4n) is 2.55. The molecule has 1 aromatic carbocycles. The zero-order valence-corrected chi connectivity index (χ0v) is 11.5. The second kappa shape index (κ2) is 6.04. The largest absolute Gasteiger partial charge is 0.381 e. The number of anilines is 1. The van der Waals surface area contributed by atoms with Gasteiger partial charge in [-0.3, -0.25) is 4.79 Å². The molecule has 1 aliphatic rings. The first-order chi connectivity index (χ1) is 9.11. The van der Waals surface area contributed by atoms with E-state index in [4.69, 9.17) is 10.5 Å². The summed E-state index contributed by atoms with van der Waals surface area (Å²) in [5.41, 5.74) is 6.90. The Morgan fingerprint density at radius 1 is 1.26 bits per heavy atom. The van der Waals surface area contributed by atoms with E-state index < -0.39 is 5.91 Å². The molecular weight excluding hydrogens is 242 g/mol. The van der Waals surface area contributed by atoms with Crippen molar-refractivity contribution in [2.75, 3.05) is 32.3 Å². The highest BCUT2D eigenvalue weighted by atomic mass is 16.5. The highest BCUT2D eigenvalue weighted by Crippen LogP contribution is 2.26. The van der Waals surface area contributed by atoms with Crippen LogP contribution in [-0.2, 0) is 4.74 Å². The minimum absolute atomic E-state index is 0.337. The predicted molar refractivity (Wildman–Crippen MR) is 75.0 cm³/mol. The average molecular weight is 263 g/mol. The molecule has 0 unspecified atom stereocenters. The van der Waals surface area contributed by atoms with Crippen LogP contribution in [0.25, 0.3) is 0 Å². The van der Waals surface area contributed by atoms with Gasteiger partial charge < -0.3 is 15.5 Å². The van der Waals surface area contributed by atoms with Crippen LogP contribution in [0.15, 0.2) is 24.3 Å².